The van der Waals surface area contributed by atoms with Gasteiger partial charge in [0.05, 0.1) is 0 Å². The molecule has 1 aromatic rings. The third-order valence-electron chi connectivity index (χ3n) is 4.84. The summed E-state index contributed by atoms with van der Waals surface area (Å²) in [6, 6.07) is 10.3. The zero-order valence-electron chi connectivity index (χ0n) is 16.6. The molecular formula is C21H37NO3. The predicted octanol–water partition coefficient (Wildman–Crippen LogP) is 5.45. The van der Waals surface area contributed by atoms with Crippen molar-refractivity contribution in [2.75, 3.05) is 33.2 Å². The van der Waals surface area contributed by atoms with Crippen molar-refractivity contribution < 1.29 is 14.2 Å². The van der Waals surface area contributed by atoms with Crippen molar-refractivity contribution >= 4 is 5.69 Å². The first-order valence-electron chi connectivity index (χ1n) is 9.66. The van der Waals surface area contributed by atoms with E-state index < -0.39 is 5.97 Å². The van der Waals surface area contributed by atoms with Crippen molar-refractivity contribution in [2.24, 2.45) is 5.92 Å². The lowest BCUT2D eigenvalue weighted by atomic mass is 9.93. The van der Waals surface area contributed by atoms with Crippen molar-refractivity contribution in [1.29, 1.82) is 0 Å². The summed E-state index contributed by atoms with van der Waals surface area (Å²) in [5.74, 6) is -0.705. The Bertz CT molecular complexity index is 412. The van der Waals surface area contributed by atoms with Crippen LogP contribution in [0, 0.1) is 5.92 Å². The first kappa shape index (κ1) is 21.9. The van der Waals surface area contributed by atoms with Crippen LogP contribution >= 0.6 is 0 Å². The summed E-state index contributed by atoms with van der Waals surface area (Å²) in [4.78, 5) is 0. The van der Waals surface area contributed by atoms with E-state index in [4.69, 9.17) is 14.2 Å². The topological polar surface area (TPSA) is 39.7 Å². The highest BCUT2D eigenvalue weighted by Crippen LogP contribution is 2.32. The molecule has 1 aromatic carbocycles. The lowest BCUT2D eigenvalue weighted by Crippen LogP contribution is -2.44. The fourth-order valence-corrected chi connectivity index (χ4v) is 3.38. The van der Waals surface area contributed by atoms with E-state index in [-0.39, 0.29) is 5.92 Å². The van der Waals surface area contributed by atoms with E-state index in [0.29, 0.717) is 0 Å². The fraction of sp³-hybridized carbons (Fsp3) is 0.714. The van der Waals surface area contributed by atoms with Gasteiger partial charge in [-0.3, -0.25) is 0 Å². The summed E-state index contributed by atoms with van der Waals surface area (Å²) in [7, 11) is 5.00. The molecule has 0 aliphatic heterocycles. The van der Waals surface area contributed by atoms with Gasteiger partial charge in [-0.15, -0.1) is 0 Å². The van der Waals surface area contributed by atoms with E-state index in [2.05, 4.69) is 24.4 Å². The molecule has 1 atom stereocenters. The molecule has 0 saturated carbocycles. The molecule has 144 valence electrons. The average Bonchev–Trinajstić information content (AvgIpc) is 2.66. The van der Waals surface area contributed by atoms with Gasteiger partial charge in [0.15, 0.2) is 0 Å². The third-order valence-corrected chi connectivity index (χ3v) is 4.84. The highest BCUT2D eigenvalue weighted by atomic mass is 16.9. The molecule has 4 heteroatoms. The third kappa shape index (κ3) is 7.76. The van der Waals surface area contributed by atoms with Gasteiger partial charge in [-0.05, 0) is 31.4 Å². The Morgan fingerprint density at radius 3 is 2.04 bits per heavy atom. The monoisotopic (exact) mass is 351 g/mol. The van der Waals surface area contributed by atoms with Gasteiger partial charge < -0.3 is 19.5 Å². The SMILES string of the molecule is CCCCCCC[C@H](CCCNc1ccccc1)C(OC)(OC)OC. The first-order valence-corrected chi connectivity index (χ1v) is 9.66. The second-order valence-corrected chi connectivity index (χ2v) is 6.55. The maximum absolute atomic E-state index is 5.63. The molecule has 0 bridgehead atoms. The van der Waals surface area contributed by atoms with Crippen LogP contribution in [0.3, 0.4) is 0 Å². The van der Waals surface area contributed by atoms with Gasteiger partial charge in [-0.2, -0.15) is 0 Å². The van der Waals surface area contributed by atoms with Crippen LogP contribution in [0.15, 0.2) is 30.3 Å². The molecule has 4 nitrogen and oxygen atoms in total. The quantitative estimate of drug-likeness (QED) is 0.337. The summed E-state index contributed by atoms with van der Waals surface area (Å²) < 4.78 is 16.9. The molecule has 0 aliphatic rings. The molecule has 0 unspecified atom stereocenters. The largest absolute Gasteiger partial charge is 0.385 e. The average molecular weight is 352 g/mol. The Morgan fingerprint density at radius 1 is 0.840 bits per heavy atom. The first-order chi connectivity index (χ1) is 12.2. The molecule has 0 aliphatic carbocycles. The normalized spacial score (nSPS) is 13.0. The van der Waals surface area contributed by atoms with Gasteiger partial charge in [-0.25, -0.2) is 0 Å². The zero-order chi connectivity index (χ0) is 18.4. The lowest BCUT2D eigenvalue weighted by Gasteiger charge is -2.36. The molecule has 25 heavy (non-hydrogen) atoms. The maximum atomic E-state index is 5.63. The van der Waals surface area contributed by atoms with Gasteiger partial charge in [0.1, 0.15) is 0 Å². The Kier molecular flexibility index (Phi) is 11.5. The standard InChI is InChI=1S/C21H37NO3/c1-5-6-7-8-10-14-19(21(23-2,24-3)25-4)15-13-18-22-20-16-11-9-12-17-20/h9,11-12,16-17,19,22H,5-8,10,13-15,18H2,1-4H3/t19-/m1/s1. The number of anilines is 1. The maximum Gasteiger partial charge on any atom is 0.285 e. The summed E-state index contributed by atoms with van der Waals surface area (Å²) >= 11 is 0. The minimum atomic E-state index is -0.933. The van der Waals surface area contributed by atoms with Crippen LogP contribution in [0.1, 0.15) is 58.3 Å². The lowest BCUT2D eigenvalue weighted by molar-refractivity contribution is -0.380. The van der Waals surface area contributed by atoms with Gasteiger partial charge in [0, 0.05) is 39.5 Å². The van der Waals surface area contributed by atoms with E-state index in [9.17, 15) is 0 Å². The number of rotatable bonds is 15. The van der Waals surface area contributed by atoms with E-state index in [1.807, 2.05) is 18.2 Å². The molecule has 0 saturated heterocycles. The van der Waals surface area contributed by atoms with Crippen LogP contribution < -0.4 is 5.32 Å². The minimum Gasteiger partial charge on any atom is -0.385 e. The van der Waals surface area contributed by atoms with Crippen LogP contribution in [-0.4, -0.2) is 33.8 Å². The summed E-state index contributed by atoms with van der Waals surface area (Å²) in [6.07, 6.45) is 9.45. The number of unbranched alkanes of at least 4 members (excludes halogenated alkanes) is 4. The highest BCUT2D eigenvalue weighted by Gasteiger charge is 2.39. The molecule has 1 rings (SSSR count). The number of methoxy groups -OCH3 is 3. The fourth-order valence-electron chi connectivity index (χ4n) is 3.38. The molecule has 0 radical (unpaired) electrons. The number of para-hydroxylation sites is 1. The van der Waals surface area contributed by atoms with E-state index >= 15 is 0 Å². The summed E-state index contributed by atoms with van der Waals surface area (Å²) in [5, 5.41) is 3.47. The second-order valence-electron chi connectivity index (χ2n) is 6.55. The molecule has 0 heterocycles. The molecule has 0 amide bonds. The van der Waals surface area contributed by atoms with Crippen LogP contribution in [0.5, 0.6) is 0 Å². The Labute approximate surface area is 154 Å². The smallest absolute Gasteiger partial charge is 0.285 e. The van der Waals surface area contributed by atoms with E-state index in [0.717, 1.165) is 31.5 Å². The van der Waals surface area contributed by atoms with E-state index in [1.165, 1.54) is 32.1 Å². The number of hydrogen-bond donors (Lipinski definition) is 1. The van der Waals surface area contributed by atoms with Gasteiger partial charge in [-0.1, -0.05) is 57.2 Å². The molecule has 0 fully saturated rings. The van der Waals surface area contributed by atoms with Crippen molar-refractivity contribution in [1.82, 2.24) is 0 Å². The van der Waals surface area contributed by atoms with Crippen LogP contribution in [0.25, 0.3) is 0 Å². The number of hydrogen-bond acceptors (Lipinski definition) is 4. The summed E-state index contributed by atoms with van der Waals surface area (Å²) in [6.45, 7) is 3.18. The molecule has 1 N–H and O–H groups in total. The number of nitrogens with one attached hydrogen (secondary N) is 1. The number of benzene rings is 1. The Morgan fingerprint density at radius 2 is 1.44 bits per heavy atom. The van der Waals surface area contributed by atoms with Gasteiger partial charge >= 0.3 is 0 Å². The van der Waals surface area contributed by atoms with Crippen molar-refractivity contribution in [3.05, 3.63) is 30.3 Å². The highest BCUT2D eigenvalue weighted by molar-refractivity contribution is 5.42. The van der Waals surface area contributed by atoms with Crippen LogP contribution in [0.2, 0.25) is 0 Å². The zero-order valence-corrected chi connectivity index (χ0v) is 16.6. The number of ether oxygens (including phenoxy) is 3. The molecule has 0 aromatic heterocycles. The van der Waals surface area contributed by atoms with Crippen LogP contribution in [-0.2, 0) is 14.2 Å². The van der Waals surface area contributed by atoms with Gasteiger partial charge in [0.2, 0.25) is 0 Å². The van der Waals surface area contributed by atoms with Gasteiger partial charge in [0.25, 0.3) is 5.97 Å². The van der Waals surface area contributed by atoms with Crippen molar-refractivity contribution in [3.8, 4) is 0 Å². The van der Waals surface area contributed by atoms with Crippen LogP contribution in [0.4, 0.5) is 5.69 Å². The van der Waals surface area contributed by atoms with E-state index in [1.54, 1.807) is 21.3 Å². The van der Waals surface area contributed by atoms with Crippen molar-refractivity contribution in [3.63, 3.8) is 0 Å². The van der Waals surface area contributed by atoms with Crippen molar-refractivity contribution in [2.45, 2.75) is 64.3 Å². The molecular weight excluding hydrogens is 314 g/mol. The second kappa shape index (κ2) is 13.2. The summed E-state index contributed by atoms with van der Waals surface area (Å²) in [5.41, 5.74) is 1.16. The Hall–Kier alpha value is -1.10. The predicted molar refractivity (Wildman–Crippen MR) is 105 cm³/mol. The minimum absolute atomic E-state index is 0.228. The molecule has 0 spiro atoms. The Balaban J connectivity index is 2.48.